The van der Waals surface area contributed by atoms with Crippen molar-refractivity contribution in [1.82, 2.24) is 20.3 Å². The zero-order valence-corrected chi connectivity index (χ0v) is 22.6. The van der Waals surface area contributed by atoms with Crippen LogP contribution in [0.25, 0.3) is 10.9 Å². The van der Waals surface area contributed by atoms with Crippen molar-refractivity contribution in [3.8, 4) is 5.75 Å². The first-order valence-electron chi connectivity index (χ1n) is 12.3. The van der Waals surface area contributed by atoms with Gasteiger partial charge in [-0.1, -0.05) is 11.6 Å². The number of ether oxygens (including phenoxy) is 2. The highest BCUT2D eigenvalue weighted by molar-refractivity contribution is 7.91. The number of nitrogens with one attached hydrogen (secondary N) is 1. The fourth-order valence-corrected chi connectivity index (χ4v) is 6.34. The number of hydrogen-bond donors (Lipinski definition) is 1. The molecule has 3 aromatic heterocycles. The van der Waals surface area contributed by atoms with Crippen molar-refractivity contribution in [2.75, 3.05) is 30.4 Å². The maximum Gasteiger partial charge on any atom is 0.251 e. The van der Waals surface area contributed by atoms with Gasteiger partial charge in [0.05, 0.1) is 48.2 Å². The lowest BCUT2D eigenvalue weighted by molar-refractivity contribution is 0.0950. The van der Waals surface area contributed by atoms with Crippen LogP contribution in [-0.4, -0.2) is 54.8 Å². The minimum atomic E-state index is -3.61. The van der Waals surface area contributed by atoms with Crippen molar-refractivity contribution < 1.29 is 22.7 Å². The maximum atomic E-state index is 13.0. The van der Waals surface area contributed by atoms with E-state index >= 15 is 0 Å². The van der Waals surface area contributed by atoms with Crippen LogP contribution < -0.4 is 15.0 Å². The molecule has 0 aliphatic carbocycles. The standard InChI is InChI=1S/C27H24ClN5O5S/c1-16-8-23-26(30-12-16)33(4-5-38-23)25-3-2-17-13-29-19(11-22(17)32-25)14-31-27(34)18-9-21(28)20-15-37-6-7-39(35,36)24(20)10-18/h2-3,8-13H,4-7,14-15H2,1H3,(H,31,34). The molecule has 1 amide bonds. The Bertz CT molecular complexity index is 1730. The fourth-order valence-electron chi connectivity index (χ4n) is 4.60. The number of carbonyl (C=O) groups is 1. The predicted octanol–water partition coefficient (Wildman–Crippen LogP) is 3.75. The lowest BCUT2D eigenvalue weighted by Gasteiger charge is -2.29. The molecular formula is C27H24ClN5O5S. The highest BCUT2D eigenvalue weighted by Gasteiger charge is 2.26. The van der Waals surface area contributed by atoms with E-state index in [1.54, 1.807) is 12.4 Å². The Morgan fingerprint density at radius 3 is 2.87 bits per heavy atom. The zero-order valence-electron chi connectivity index (χ0n) is 21.0. The SMILES string of the molecule is Cc1cnc2c(c1)OCCN2c1ccc2cnc(CNC(=O)c3cc(Cl)c4c(c3)S(=O)(=O)CCOC4)cc2n1. The smallest absolute Gasteiger partial charge is 0.251 e. The Hall–Kier alpha value is -3.80. The molecule has 5 heterocycles. The molecule has 0 spiro atoms. The summed E-state index contributed by atoms with van der Waals surface area (Å²) < 4.78 is 36.4. The van der Waals surface area contributed by atoms with Gasteiger partial charge in [0.15, 0.2) is 21.4 Å². The van der Waals surface area contributed by atoms with E-state index in [4.69, 9.17) is 26.1 Å². The van der Waals surface area contributed by atoms with Gasteiger partial charge in [-0.25, -0.2) is 18.4 Å². The average Bonchev–Trinajstić information content (AvgIpc) is 3.08. The van der Waals surface area contributed by atoms with Gasteiger partial charge in [0.25, 0.3) is 5.91 Å². The van der Waals surface area contributed by atoms with Crippen LogP contribution in [-0.2, 0) is 27.7 Å². The second-order valence-corrected chi connectivity index (χ2v) is 11.8. The van der Waals surface area contributed by atoms with Gasteiger partial charge in [0.1, 0.15) is 12.4 Å². The van der Waals surface area contributed by atoms with Crippen molar-refractivity contribution in [1.29, 1.82) is 0 Å². The third kappa shape index (κ3) is 5.00. The van der Waals surface area contributed by atoms with E-state index in [0.717, 1.165) is 22.5 Å². The number of sulfone groups is 1. The second-order valence-electron chi connectivity index (χ2n) is 9.36. The van der Waals surface area contributed by atoms with E-state index in [1.165, 1.54) is 12.1 Å². The van der Waals surface area contributed by atoms with E-state index in [1.807, 2.05) is 36.1 Å². The van der Waals surface area contributed by atoms with E-state index in [-0.39, 0.29) is 41.0 Å². The van der Waals surface area contributed by atoms with Gasteiger partial charge < -0.3 is 19.7 Å². The third-order valence-corrected chi connectivity index (χ3v) is 8.69. The fraction of sp³-hybridized carbons (Fsp3) is 0.259. The first kappa shape index (κ1) is 25.5. The molecule has 1 N–H and O–H groups in total. The summed E-state index contributed by atoms with van der Waals surface area (Å²) in [5.41, 5.74) is 2.85. The molecule has 0 atom stereocenters. The molecule has 10 nitrogen and oxygen atoms in total. The predicted molar refractivity (Wildman–Crippen MR) is 145 cm³/mol. The van der Waals surface area contributed by atoms with Crippen LogP contribution in [0.4, 0.5) is 11.6 Å². The van der Waals surface area contributed by atoms with Gasteiger partial charge in [0.2, 0.25) is 0 Å². The molecule has 0 saturated carbocycles. The summed E-state index contributed by atoms with van der Waals surface area (Å²) in [5.74, 6) is 1.54. The molecule has 2 aliphatic rings. The molecule has 39 heavy (non-hydrogen) atoms. The van der Waals surface area contributed by atoms with Crippen LogP contribution in [0.2, 0.25) is 5.02 Å². The molecule has 0 fully saturated rings. The Balaban J connectivity index is 1.23. The van der Waals surface area contributed by atoms with Crippen LogP contribution in [0.3, 0.4) is 0 Å². The van der Waals surface area contributed by atoms with Gasteiger partial charge >= 0.3 is 0 Å². The summed E-state index contributed by atoms with van der Waals surface area (Å²) in [5, 5.41) is 3.83. The average molecular weight is 566 g/mol. The van der Waals surface area contributed by atoms with Gasteiger partial charge in [0, 0.05) is 33.9 Å². The Kier molecular flexibility index (Phi) is 6.57. The monoisotopic (exact) mass is 565 g/mol. The first-order chi connectivity index (χ1) is 18.8. The first-order valence-corrected chi connectivity index (χ1v) is 14.4. The molecule has 0 radical (unpaired) electrons. The summed E-state index contributed by atoms with van der Waals surface area (Å²) in [7, 11) is -3.61. The van der Waals surface area contributed by atoms with Crippen molar-refractivity contribution >= 4 is 49.9 Å². The Morgan fingerprint density at radius 1 is 1.13 bits per heavy atom. The number of halogens is 1. The maximum absolute atomic E-state index is 13.0. The number of hydrogen-bond acceptors (Lipinski definition) is 9. The molecule has 12 heteroatoms. The summed E-state index contributed by atoms with van der Waals surface area (Å²) in [4.78, 5) is 28.8. The topological polar surface area (TPSA) is 124 Å². The molecule has 1 aromatic carbocycles. The summed E-state index contributed by atoms with van der Waals surface area (Å²) in [6, 6.07) is 10.5. The van der Waals surface area contributed by atoms with Gasteiger partial charge in [-0.2, -0.15) is 0 Å². The van der Waals surface area contributed by atoms with Crippen LogP contribution in [0.1, 0.15) is 27.2 Å². The zero-order chi connectivity index (χ0) is 27.1. The van der Waals surface area contributed by atoms with Crippen molar-refractivity contribution in [3.63, 3.8) is 0 Å². The van der Waals surface area contributed by atoms with Crippen LogP contribution in [0, 0.1) is 6.92 Å². The number of aryl methyl sites for hydroxylation is 1. The number of pyridine rings is 3. The highest BCUT2D eigenvalue weighted by Crippen LogP contribution is 2.35. The lowest BCUT2D eigenvalue weighted by Crippen LogP contribution is -2.30. The molecule has 0 saturated heterocycles. The molecule has 6 rings (SSSR count). The van der Waals surface area contributed by atoms with E-state index < -0.39 is 15.7 Å². The quantitative estimate of drug-likeness (QED) is 0.394. The number of rotatable bonds is 4. The van der Waals surface area contributed by atoms with Gasteiger partial charge in [-0.3, -0.25) is 9.78 Å². The van der Waals surface area contributed by atoms with Crippen LogP contribution >= 0.6 is 11.6 Å². The summed E-state index contributed by atoms with van der Waals surface area (Å²) in [6.45, 7) is 3.37. The number of anilines is 2. The number of fused-ring (bicyclic) bond motifs is 3. The number of aromatic nitrogens is 3. The van der Waals surface area contributed by atoms with E-state index in [9.17, 15) is 13.2 Å². The number of amides is 1. The normalized spacial score (nSPS) is 16.1. The highest BCUT2D eigenvalue weighted by atomic mass is 35.5. The van der Waals surface area contributed by atoms with Crippen molar-refractivity contribution in [2.24, 2.45) is 0 Å². The number of carbonyl (C=O) groups excluding carboxylic acids is 1. The van der Waals surface area contributed by atoms with Crippen LogP contribution in [0.5, 0.6) is 5.75 Å². The van der Waals surface area contributed by atoms with Crippen molar-refractivity contribution in [2.45, 2.75) is 25.0 Å². The minimum absolute atomic E-state index is 0.0348. The number of nitrogens with zero attached hydrogens (tertiary/aromatic N) is 4. The summed E-state index contributed by atoms with van der Waals surface area (Å²) >= 11 is 6.33. The molecule has 200 valence electrons. The van der Waals surface area contributed by atoms with E-state index in [0.29, 0.717) is 35.7 Å². The molecule has 2 aliphatic heterocycles. The molecule has 0 bridgehead atoms. The van der Waals surface area contributed by atoms with Gasteiger partial charge in [-0.15, -0.1) is 0 Å². The Labute approximate surface area is 229 Å². The molecule has 0 unspecified atom stereocenters. The lowest BCUT2D eigenvalue weighted by atomic mass is 10.1. The van der Waals surface area contributed by atoms with Gasteiger partial charge in [-0.05, 0) is 48.9 Å². The minimum Gasteiger partial charge on any atom is -0.488 e. The largest absolute Gasteiger partial charge is 0.488 e. The second kappa shape index (κ2) is 10.1. The van der Waals surface area contributed by atoms with Crippen LogP contribution in [0.15, 0.2) is 53.7 Å². The Morgan fingerprint density at radius 2 is 2.00 bits per heavy atom. The summed E-state index contributed by atoms with van der Waals surface area (Å²) in [6.07, 6.45) is 3.50. The van der Waals surface area contributed by atoms with E-state index in [2.05, 4.69) is 15.3 Å². The van der Waals surface area contributed by atoms with Crippen molar-refractivity contribution in [3.05, 3.63) is 76.2 Å². The third-order valence-electron chi connectivity index (χ3n) is 6.61. The number of benzene rings is 1. The molecule has 4 aromatic rings. The molecular weight excluding hydrogens is 542 g/mol.